The number of hydrogen-bond donors (Lipinski definition) is 1. The molecule has 3 aromatic rings. The molecule has 0 aliphatic carbocycles. The van der Waals surface area contributed by atoms with E-state index in [9.17, 15) is 29.3 Å². The van der Waals surface area contributed by atoms with Gasteiger partial charge in [-0.2, -0.15) is 0 Å². The Morgan fingerprint density at radius 3 is 2.36 bits per heavy atom. The highest BCUT2D eigenvalue weighted by molar-refractivity contribution is 8.00. The van der Waals surface area contributed by atoms with Crippen LogP contribution in [0.25, 0.3) is 0 Å². The molecule has 2 aliphatic rings. The monoisotopic (exact) mass is 524 g/mol. The molecule has 0 bridgehead atoms. The van der Waals surface area contributed by atoms with Crippen molar-refractivity contribution in [2.45, 2.75) is 36.1 Å². The molecular formula is C24H20N4O6S2. The molecule has 2 aromatic carbocycles. The summed E-state index contributed by atoms with van der Waals surface area (Å²) in [5, 5.41) is 13.5. The van der Waals surface area contributed by atoms with Gasteiger partial charge in [-0.1, -0.05) is 55.1 Å². The minimum Gasteiger partial charge on any atom is -0.325 e. The second-order valence-corrected chi connectivity index (χ2v) is 11.1. The Kier molecular flexibility index (Phi) is 5.80. The van der Waals surface area contributed by atoms with E-state index in [-0.39, 0.29) is 28.7 Å². The number of benzene rings is 2. The fourth-order valence-electron chi connectivity index (χ4n) is 4.61. The fourth-order valence-corrected chi connectivity index (χ4v) is 7.65. The summed E-state index contributed by atoms with van der Waals surface area (Å²) in [5.41, 5.74) is -0.143. The van der Waals surface area contributed by atoms with E-state index < -0.39 is 33.3 Å². The van der Waals surface area contributed by atoms with Crippen molar-refractivity contribution in [1.82, 2.24) is 4.57 Å². The zero-order valence-corrected chi connectivity index (χ0v) is 20.8. The molecule has 1 aromatic heterocycles. The van der Waals surface area contributed by atoms with Gasteiger partial charge in [0, 0.05) is 28.1 Å². The van der Waals surface area contributed by atoms with E-state index in [1.54, 1.807) is 24.3 Å². The van der Waals surface area contributed by atoms with Gasteiger partial charge in [-0.25, -0.2) is 4.90 Å². The number of thiazole rings is 1. The lowest BCUT2D eigenvalue weighted by atomic mass is 9.76. The molecule has 184 valence electrons. The van der Waals surface area contributed by atoms with Crippen molar-refractivity contribution in [2.24, 2.45) is 5.92 Å². The maximum absolute atomic E-state index is 13.5. The number of nitrogens with zero attached hydrogens (tertiary/aromatic N) is 3. The van der Waals surface area contributed by atoms with E-state index in [2.05, 4.69) is 5.32 Å². The van der Waals surface area contributed by atoms with Crippen molar-refractivity contribution in [2.75, 3.05) is 10.2 Å². The number of amides is 3. The quantitative estimate of drug-likeness (QED) is 0.307. The minimum atomic E-state index is -0.849. The number of non-ortho nitro benzene ring substituents is 1. The van der Waals surface area contributed by atoms with Crippen LogP contribution in [-0.4, -0.2) is 32.5 Å². The van der Waals surface area contributed by atoms with Crippen molar-refractivity contribution in [1.29, 1.82) is 0 Å². The van der Waals surface area contributed by atoms with Crippen molar-refractivity contribution >= 4 is 57.9 Å². The number of fused-ring (bicyclic) bond motifs is 2. The number of carbonyl (C=O) groups excluding carboxylic acids is 3. The topological polar surface area (TPSA) is 132 Å². The summed E-state index contributed by atoms with van der Waals surface area (Å²) in [6.07, 6.45) is 0. The van der Waals surface area contributed by atoms with Crippen LogP contribution in [0.3, 0.4) is 0 Å². The summed E-state index contributed by atoms with van der Waals surface area (Å²) in [6, 6.07) is 14.1. The number of para-hydroxylation sites is 1. The molecule has 5 rings (SSSR count). The Labute approximate surface area is 213 Å². The molecule has 36 heavy (non-hydrogen) atoms. The number of thioether (sulfide) groups is 1. The molecule has 0 unspecified atom stereocenters. The van der Waals surface area contributed by atoms with Gasteiger partial charge < -0.3 is 5.32 Å². The summed E-state index contributed by atoms with van der Waals surface area (Å²) in [4.78, 5) is 64.3. The van der Waals surface area contributed by atoms with E-state index >= 15 is 0 Å². The molecule has 0 radical (unpaired) electrons. The second kappa shape index (κ2) is 8.71. The Morgan fingerprint density at radius 1 is 1.06 bits per heavy atom. The molecule has 10 nitrogen and oxygen atoms in total. The van der Waals surface area contributed by atoms with Crippen LogP contribution >= 0.6 is 23.1 Å². The number of rotatable bonds is 5. The molecule has 3 heterocycles. The number of nitro groups is 1. The van der Waals surface area contributed by atoms with Gasteiger partial charge in [-0.3, -0.25) is 33.9 Å². The van der Waals surface area contributed by atoms with E-state index in [0.717, 1.165) is 28.0 Å². The van der Waals surface area contributed by atoms with Gasteiger partial charge in [0.15, 0.2) is 0 Å². The Morgan fingerprint density at radius 2 is 1.72 bits per heavy atom. The lowest BCUT2D eigenvalue weighted by Crippen LogP contribution is -2.41. The van der Waals surface area contributed by atoms with Gasteiger partial charge in [0.05, 0.1) is 21.6 Å². The van der Waals surface area contributed by atoms with Gasteiger partial charge in [-0.05, 0) is 24.3 Å². The Bertz CT molecular complexity index is 1460. The molecule has 12 heteroatoms. The average Bonchev–Trinajstić information content (AvgIpc) is 3.29. The van der Waals surface area contributed by atoms with E-state index in [1.165, 1.54) is 28.8 Å². The van der Waals surface area contributed by atoms with Crippen molar-refractivity contribution in [3.63, 3.8) is 0 Å². The summed E-state index contributed by atoms with van der Waals surface area (Å²) < 4.78 is 1.35. The maximum atomic E-state index is 13.5. The van der Waals surface area contributed by atoms with E-state index in [1.807, 2.05) is 19.9 Å². The summed E-state index contributed by atoms with van der Waals surface area (Å²) in [6.45, 7) is 3.41. The average molecular weight is 525 g/mol. The van der Waals surface area contributed by atoms with Crippen LogP contribution in [0.5, 0.6) is 0 Å². The number of carbonyl (C=O) groups is 3. The first-order chi connectivity index (χ1) is 17.1. The lowest BCUT2D eigenvalue weighted by molar-refractivity contribution is -0.384. The smallest absolute Gasteiger partial charge is 0.308 e. The van der Waals surface area contributed by atoms with Gasteiger partial charge in [-0.15, -0.1) is 0 Å². The number of aromatic nitrogens is 1. The maximum Gasteiger partial charge on any atom is 0.308 e. The Hall–Kier alpha value is -3.77. The summed E-state index contributed by atoms with van der Waals surface area (Å²) in [7, 11) is 0. The van der Waals surface area contributed by atoms with Crippen LogP contribution in [0.2, 0.25) is 0 Å². The fraction of sp³-hybridized carbons (Fsp3) is 0.250. The first-order valence-corrected chi connectivity index (χ1v) is 12.7. The molecule has 0 spiro atoms. The molecule has 1 N–H and O–H groups in total. The van der Waals surface area contributed by atoms with E-state index in [4.69, 9.17) is 0 Å². The molecule has 1 saturated heterocycles. The first kappa shape index (κ1) is 23.9. The number of nitro benzene ring substituents is 1. The van der Waals surface area contributed by atoms with Crippen LogP contribution < -0.4 is 15.1 Å². The summed E-state index contributed by atoms with van der Waals surface area (Å²) in [5.74, 6) is -1.99. The minimum absolute atomic E-state index is 0.148. The zero-order chi connectivity index (χ0) is 25.8. The highest BCUT2D eigenvalue weighted by Crippen LogP contribution is 2.54. The third kappa shape index (κ3) is 3.82. The predicted octanol–water partition coefficient (Wildman–Crippen LogP) is 3.40. The SMILES string of the molecule is CC1(C)c2sc(=O)n(CC(=O)Nc3ccccc3)c2S[C@@H]2C(=O)N(c3ccc([N+](=O)[O-])cc3)C(=O)[C@@H]21. The van der Waals surface area contributed by atoms with Gasteiger partial charge in [0.25, 0.3) is 5.69 Å². The van der Waals surface area contributed by atoms with Crippen molar-refractivity contribution in [3.8, 4) is 0 Å². The third-order valence-corrected chi connectivity index (χ3v) is 9.20. The zero-order valence-electron chi connectivity index (χ0n) is 19.2. The molecule has 3 amide bonds. The van der Waals surface area contributed by atoms with Crippen molar-refractivity contribution < 1.29 is 19.3 Å². The highest BCUT2D eigenvalue weighted by atomic mass is 32.2. The van der Waals surface area contributed by atoms with Gasteiger partial charge in [0.2, 0.25) is 17.7 Å². The van der Waals surface area contributed by atoms with Gasteiger partial charge in [0.1, 0.15) is 11.8 Å². The molecule has 2 aliphatic heterocycles. The first-order valence-electron chi connectivity index (χ1n) is 11.0. The normalized spacial score (nSPS) is 20.1. The van der Waals surface area contributed by atoms with Crippen LogP contribution in [-0.2, 0) is 26.3 Å². The van der Waals surface area contributed by atoms with Crippen LogP contribution in [0.15, 0.2) is 64.4 Å². The number of hydrogen-bond acceptors (Lipinski definition) is 8. The molecule has 2 atom stereocenters. The Balaban J connectivity index is 1.46. The van der Waals surface area contributed by atoms with Crippen LogP contribution in [0.1, 0.15) is 18.7 Å². The standard InChI is InChI=1S/C24H20N4O6S2/c1-24(2)17-18(21(31)27(20(17)30)14-8-10-15(11-9-14)28(33)34)35-22-19(24)36-23(32)26(22)12-16(29)25-13-6-4-3-5-7-13/h3-11,17-18H,12H2,1-2H3,(H,25,29)/t17-,18+/m1/s1. The second-order valence-electron chi connectivity index (χ2n) is 9.03. The van der Waals surface area contributed by atoms with E-state index in [0.29, 0.717) is 15.6 Å². The van der Waals surface area contributed by atoms with Crippen molar-refractivity contribution in [3.05, 3.63) is 79.3 Å². The number of imide groups is 1. The number of nitrogens with one attached hydrogen (secondary N) is 1. The largest absolute Gasteiger partial charge is 0.325 e. The summed E-state index contributed by atoms with van der Waals surface area (Å²) >= 11 is 2.09. The van der Waals surface area contributed by atoms with Crippen LogP contribution in [0, 0.1) is 16.0 Å². The predicted molar refractivity (Wildman–Crippen MR) is 135 cm³/mol. The van der Waals surface area contributed by atoms with Gasteiger partial charge >= 0.3 is 4.87 Å². The molecule has 1 fully saturated rings. The number of anilines is 2. The lowest BCUT2D eigenvalue weighted by Gasteiger charge is -2.36. The highest BCUT2D eigenvalue weighted by Gasteiger charge is 2.59. The molecular weight excluding hydrogens is 504 g/mol. The van der Waals surface area contributed by atoms with Crippen LogP contribution in [0.4, 0.5) is 17.1 Å². The molecule has 0 saturated carbocycles. The third-order valence-electron chi connectivity index (χ3n) is 6.38.